The zero-order valence-corrected chi connectivity index (χ0v) is 10.7. The van der Waals surface area contributed by atoms with Crippen LogP contribution in [0.4, 0.5) is 0 Å². The van der Waals surface area contributed by atoms with Crippen molar-refractivity contribution < 1.29 is 0 Å². The van der Waals surface area contributed by atoms with Gasteiger partial charge in [0, 0.05) is 16.0 Å². The third-order valence-corrected chi connectivity index (χ3v) is 3.62. The van der Waals surface area contributed by atoms with Crippen LogP contribution in [0.1, 0.15) is 31.2 Å². The predicted octanol–water partition coefficient (Wildman–Crippen LogP) is 5.29. The zero-order chi connectivity index (χ0) is 11.5. The van der Waals surface area contributed by atoms with E-state index in [2.05, 4.69) is 25.1 Å². The number of allylic oxidation sites excluding steroid dienone is 4. The van der Waals surface area contributed by atoms with E-state index in [-0.39, 0.29) is 0 Å². The molecule has 2 rings (SSSR count). The number of halogens is 2. The molecule has 0 radical (unpaired) electrons. The Morgan fingerprint density at radius 2 is 1.69 bits per heavy atom. The van der Waals surface area contributed by atoms with E-state index in [0.717, 1.165) is 22.9 Å². The summed E-state index contributed by atoms with van der Waals surface area (Å²) in [6.45, 7) is 2.22. The topological polar surface area (TPSA) is 0 Å². The fourth-order valence-corrected chi connectivity index (χ4v) is 2.24. The molecule has 1 aromatic carbocycles. The van der Waals surface area contributed by atoms with Gasteiger partial charge in [-0.2, -0.15) is 0 Å². The summed E-state index contributed by atoms with van der Waals surface area (Å²) in [7, 11) is 0. The van der Waals surface area contributed by atoms with Crippen LogP contribution in [0, 0.1) is 0 Å². The standard InChI is InChI=1S/C14H14Cl2/c1-10(11-2-6-13(15)7-3-11)12-4-8-14(16)9-5-12/h2-4,6-8,10H,5,9H2,1H3. The van der Waals surface area contributed by atoms with Crippen molar-refractivity contribution in [1.29, 1.82) is 0 Å². The summed E-state index contributed by atoms with van der Waals surface area (Å²) < 4.78 is 0. The van der Waals surface area contributed by atoms with E-state index in [4.69, 9.17) is 23.2 Å². The van der Waals surface area contributed by atoms with Crippen LogP contribution >= 0.6 is 23.2 Å². The van der Waals surface area contributed by atoms with Gasteiger partial charge in [-0.25, -0.2) is 0 Å². The van der Waals surface area contributed by atoms with Gasteiger partial charge in [0.25, 0.3) is 0 Å². The molecule has 1 atom stereocenters. The lowest BCUT2D eigenvalue weighted by atomic mass is 9.88. The first kappa shape index (κ1) is 11.8. The van der Waals surface area contributed by atoms with Crippen molar-refractivity contribution in [3.63, 3.8) is 0 Å². The Labute approximate surface area is 107 Å². The minimum atomic E-state index is 0.443. The van der Waals surface area contributed by atoms with Crippen LogP contribution < -0.4 is 0 Å². The number of rotatable bonds is 2. The second-order valence-corrected chi connectivity index (χ2v) is 5.05. The highest BCUT2D eigenvalue weighted by atomic mass is 35.5. The molecule has 0 aromatic heterocycles. The molecular formula is C14H14Cl2. The van der Waals surface area contributed by atoms with Gasteiger partial charge in [0.05, 0.1) is 0 Å². The molecule has 1 aromatic rings. The van der Waals surface area contributed by atoms with Crippen molar-refractivity contribution in [1.82, 2.24) is 0 Å². The normalized spacial score (nSPS) is 17.7. The maximum atomic E-state index is 5.95. The largest absolute Gasteiger partial charge is 0.0891 e. The number of benzene rings is 1. The third kappa shape index (κ3) is 2.69. The van der Waals surface area contributed by atoms with Gasteiger partial charge in [-0.15, -0.1) is 0 Å². The summed E-state index contributed by atoms with van der Waals surface area (Å²) in [6, 6.07) is 8.07. The molecule has 1 aliphatic carbocycles. The molecule has 0 bridgehead atoms. The van der Waals surface area contributed by atoms with Crippen LogP contribution in [0.25, 0.3) is 0 Å². The molecule has 2 heteroatoms. The highest BCUT2D eigenvalue weighted by molar-refractivity contribution is 6.30. The molecule has 0 nitrogen and oxygen atoms in total. The van der Waals surface area contributed by atoms with Crippen LogP contribution in [0.3, 0.4) is 0 Å². The minimum Gasteiger partial charge on any atom is -0.0891 e. The van der Waals surface area contributed by atoms with Gasteiger partial charge in [0.15, 0.2) is 0 Å². The lowest BCUT2D eigenvalue weighted by Crippen LogP contribution is -2.00. The van der Waals surface area contributed by atoms with E-state index < -0.39 is 0 Å². The summed E-state index contributed by atoms with van der Waals surface area (Å²) in [5, 5.41) is 1.74. The molecule has 0 amide bonds. The van der Waals surface area contributed by atoms with E-state index in [1.165, 1.54) is 11.1 Å². The average Bonchev–Trinajstić information content (AvgIpc) is 2.30. The maximum absolute atomic E-state index is 5.95. The lowest BCUT2D eigenvalue weighted by Gasteiger charge is -2.18. The SMILES string of the molecule is CC(C1=CC=C(Cl)CC1)c1ccc(Cl)cc1. The van der Waals surface area contributed by atoms with Crippen LogP contribution in [0.5, 0.6) is 0 Å². The van der Waals surface area contributed by atoms with Crippen molar-refractivity contribution >= 4 is 23.2 Å². The average molecular weight is 253 g/mol. The Balaban J connectivity index is 2.19. The molecule has 0 aliphatic heterocycles. The summed E-state index contributed by atoms with van der Waals surface area (Å²) in [4.78, 5) is 0. The number of hydrogen-bond donors (Lipinski definition) is 0. The van der Waals surface area contributed by atoms with Crippen molar-refractivity contribution in [3.05, 3.63) is 57.6 Å². The second kappa shape index (κ2) is 5.07. The Bertz CT molecular complexity index is 427. The smallest absolute Gasteiger partial charge is 0.0406 e. The highest BCUT2D eigenvalue weighted by Gasteiger charge is 2.13. The molecule has 0 heterocycles. The summed E-state index contributed by atoms with van der Waals surface area (Å²) in [6.07, 6.45) is 6.17. The Hall–Kier alpha value is -0.720. The van der Waals surface area contributed by atoms with E-state index in [0.29, 0.717) is 5.92 Å². The Morgan fingerprint density at radius 3 is 2.25 bits per heavy atom. The molecule has 16 heavy (non-hydrogen) atoms. The summed E-state index contributed by atoms with van der Waals surface area (Å²) >= 11 is 11.8. The predicted molar refractivity (Wildman–Crippen MR) is 71.1 cm³/mol. The monoisotopic (exact) mass is 252 g/mol. The fraction of sp³-hybridized carbons (Fsp3) is 0.286. The molecule has 0 saturated carbocycles. The molecule has 0 spiro atoms. The van der Waals surface area contributed by atoms with E-state index in [1.54, 1.807) is 0 Å². The number of hydrogen-bond acceptors (Lipinski definition) is 0. The van der Waals surface area contributed by atoms with Gasteiger partial charge in [0.1, 0.15) is 0 Å². The molecule has 0 saturated heterocycles. The molecule has 1 unspecified atom stereocenters. The summed E-state index contributed by atoms with van der Waals surface area (Å²) in [5.41, 5.74) is 2.74. The van der Waals surface area contributed by atoms with Crippen LogP contribution in [-0.4, -0.2) is 0 Å². The molecule has 84 valence electrons. The zero-order valence-electron chi connectivity index (χ0n) is 9.21. The Kier molecular flexibility index (Phi) is 3.73. The third-order valence-electron chi connectivity index (χ3n) is 3.06. The molecule has 0 N–H and O–H groups in total. The van der Waals surface area contributed by atoms with Gasteiger partial charge in [-0.3, -0.25) is 0 Å². The fourth-order valence-electron chi connectivity index (χ4n) is 1.95. The van der Waals surface area contributed by atoms with Crippen molar-refractivity contribution in [2.24, 2.45) is 0 Å². The van der Waals surface area contributed by atoms with Gasteiger partial charge >= 0.3 is 0 Å². The van der Waals surface area contributed by atoms with E-state index in [1.807, 2.05) is 18.2 Å². The van der Waals surface area contributed by atoms with Gasteiger partial charge in [-0.05, 0) is 36.6 Å². The van der Waals surface area contributed by atoms with Crippen LogP contribution in [0.2, 0.25) is 5.02 Å². The minimum absolute atomic E-state index is 0.443. The van der Waals surface area contributed by atoms with E-state index in [9.17, 15) is 0 Å². The van der Waals surface area contributed by atoms with Gasteiger partial charge in [-0.1, -0.05) is 53.9 Å². The van der Waals surface area contributed by atoms with Crippen molar-refractivity contribution in [2.75, 3.05) is 0 Å². The van der Waals surface area contributed by atoms with Crippen LogP contribution in [0.15, 0.2) is 47.0 Å². The summed E-state index contributed by atoms with van der Waals surface area (Å²) in [5.74, 6) is 0.443. The molecular weight excluding hydrogens is 239 g/mol. The van der Waals surface area contributed by atoms with Gasteiger partial charge in [0.2, 0.25) is 0 Å². The van der Waals surface area contributed by atoms with Gasteiger partial charge < -0.3 is 0 Å². The first-order chi connectivity index (χ1) is 7.66. The van der Waals surface area contributed by atoms with E-state index >= 15 is 0 Å². The Morgan fingerprint density at radius 1 is 1.00 bits per heavy atom. The lowest BCUT2D eigenvalue weighted by molar-refractivity contribution is 0.794. The van der Waals surface area contributed by atoms with Crippen molar-refractivity contribution in [2.45, 2.75) is 25.7 Å². The van der Waals surface area contributed by atoms with Crippen molar-refractivity contribution in [3.8, 4) is 0 Å². The second-order valence-electron chi connectivity index (χ2n) is 4.13. The maximum Gasteiger partial charge on any atom is 0.0406 e. The molecule has 0 fully saturated rings. The molecule has 1 aliphatic rings. The first-order valence-electron chi connectivity index (χ1n) is 5.47. The highest BCUT2D eigenvalue weighted by Crippen LogP contribution is 2.32. The quantitative estimate of drug-likeness (QED) is 0.672. The van der Waals surface area contributed by atoms with Crippen LogP contribution in [-0.2, 0) is 0 Å². The first-order valence-corrected chi connectivity index (χ1v) is 6.23.